The molecule has 2 aromatic carbocycles. The van der Waals surface area contributed by atoms with Gasteiger partial charge in [-0.3, -0.25) is 19.4 Å². The minimum Gasteiger partial charge on any atom is -0.324 e. The Bertz CT molecular complexity index is 1010. The van der Waals surface area contributed by atoms with E-state index in [4.69, 9.17) is 11.6 Å². The van der Waals surface area contributed by atoms with E-state index in [-0.39, 0.29) is 12.5 Å². The van der Waals surface area contributed by atoms with Crippen LogP contribution < -0.4 is 10.2 Å². The van der Waals surface area contributed by atoms with Gasteiger partial charge in [-0.1, -0.05) is 41.1 Å². The minimum absolute atomic E-state index is 0.193. The summed E-state index contributed by atoms with van der Waals surface area (Å²) in [6, 6.07) is 11.9. The lowest BCUT2D eigenvalue weighted by molar-refractivity contribution is -0.123. The molecule has 2 aliphatic rings. The summed E-state index contributed by atoms with van der Waals surface area (Å²) in [6.07, 6.45) is 0. The number of anilines is 2. The fourth-order valence-corrected chi connectivity index (χ4v) is 3.46. The Morgan fingerprint density at radius 2 is 1.93 bits per heavy atom. The second kappa shape index (κ2) is 7.05. The van der Waals surface area contributed by atoms with Crippen molar-refractivity contribution in [1.29, 1.82) is 0 Å². The first-order valence-electron chi connectivity index (χ1n) is 8.62. The third kappa shape index (κ3) is 3.11. The lowest BCUT2D eigenvalue weighted by Crippen LogP contribution is -2.43. The average molecular weight is 398 g/mol. The topological polar surface area (TPSA) is 94.4 Å². The number of fused-ring (bicyclic) bond motifs is 1. The third-order valence-electron chi connectivity index (χ3n) is 4.65. The number of halogens is 1. The van der Waals surface area contributed by atoms with Crippen molar-refractivity contribution in [3.05, 3.63) is 59.1 Å². The van der Waals surface area contributed by atoms with Crippen LogP contribution in [0.25, 0.3) is 0 Å². The van der Waals surface area contributed by atoms with E-state index in [0.29, 0.717) is 16.4 Å². The number of nitrogens with zero attached hydrogens (tertiary/aromatic N) is 4. The summed E-state index contributed by atoms with van der Waals surface area (Å²) < 4.78 is 0. The first-order chi connectivity index (χ1) is 13.5. The summed E-state index contributed by atoms with van der Waals surface area (Å²) in [5, 5.41) is 12.2. The highest BCUT2D eigenvalue weighted by Crippen LogP contribution is 2.32. The van der Waals surface area contributed by atoms with Gasteiger partial charge >= 0.3 is 0 Å². The van der Waals surface area contributed by atoms with Gasteiger partial charge in [0, 0.05) is 10.7 Å². The van der Waals surface area contributed by atoms with Gasteiger partial charge in [-0.2, -0.15) is 5.11 Å². The van der Waals surface area contributed by atoms with Crippen LogP contribution in [0.5, 0.6) is 0 Å². The number of imide groups is 1. The highest BCUT2D eigenvalue weighted by molar-refractivity contribution is 6.31. The number of rotatable bonds is 4. The molecule has 1 fully saturated rings. The standard InChI is InChI=1S/C19H16ClN5O3/c1-11-5-2-3-8-14(11)21-15(26)10-24-17-16(22-23-24)18(27)25(19(17)28)13-7-4-6-12(20)9-13/h2-9,16-17H,10H2,1H3,(H,21,26)/t16-,17+/m1/s1. The van der Waals surface area contributed by atoms with Crippen molar-refractivity contribution in [1.82, 2.24) is 5.01 Å². The van der Waals surface area contributed by atoms with E-state index in [1.807, 2.05) is 25.1 Å². The number of carbonyl (C=O) groups is 3. The number of amides is 3. The number of carbonyl (C=O) groups excluding carboxylic acids is 3. The first-order valence-corrected chi connectivity index (χ1v) is 9.00. The van der Waals surface area contributed by atoms with Gasteiger partial charge in [0.25, 0.3) is 11.8 Å². The Balaban J connectivity index is 1.50. The largest absolute Gasteiger partial charge is 0.324 e. The van der Waals surface area contributed by atoms with Crippen molar-refractivity contribution in [3.8, 4) is 0 Å². The van der Waals surface area contributed by atoms with Crippen LogP contribution >= 0.6 is 11.6 Å². The monoisotopic (exact) mass is 397 g/mol. The summed E-state index contributed by atoms with van der Waals surface area (Å²) in [6.45, 7) is 1.69. The molecule has 1 N–H and O–H groups in total. The van der Waals surface area contributed by atoms with Gasteiger partial charge in [0.2, 0.25) is 5.91 Å². The molecule has 0 saturated carbocycles. The summed E-state index contributed by atoms with van der Waals surface area (Å²) >= 11 is 5.97. The van der Waals surface area contributed by atoms with Crippen LogP contribution in [0, 0.1) is 6.92 Å². The summed E-state index contributed by atoms with van der Waals surface area (Å²) in [7, 11) is 0. The SMILES string of the molecule is Cc1ccccc1NC(=O)CN1N=N[C@H]2C(=O)N(c3cccc(Cl)c3)C(=O)[C@H]21. The van der Waals surface area contributed by atoms with Crippen LogP contribution in [-0.4, -0.2) is 41.4 Å². The number of benzene rings is 2. The summed E-state index contributed by atoms with van der Waals surface area (Å²) in [5.41, 5.74) is 1.96. The van der Waals surface area contributed by atoms with Crippen LogP contribution in [0.15, 0.2) is 58.9 Å². The fraction of sp³-hybridized carbons (Fsp3) is 0.211. The predicted octanol–water partition coefficient (Wildman–Crippen LogP) is 2.58. The molecule has 0 unspecified atom stereocenters. The van der Waals surface area contributed by atoms with E-state index in [2.05, 4.69) is 15.7 Å². The van der Waals surface area contributed by atoms with Crippen LogP contribution in [0.4, 0.5) is 11.4 Å². The molecule has 2 heterocycles. The molecule has 0 bridgehead atoms. The van der Waals surface area contributed by atoms with E-state index in [0.717, 1.165) is 10.5 Å². The van der Waals surface area contributed by atoms with Crippen molar-refractivity contribution in [2.24, 2.45) is 10.3 Å². The second-order valence-corrected chi connectivity index (χ2v) is 6.98. The van der Waals surface area contributed by atoms with Crippen molar-refractivity contribution >= 4 is 40.7 Å². The van der Waals surface area contributed by atoms with E-state index in [9.17, 15) is 14.4 Å². The maximum Gasteiger partial charge on any atom is 0.263 e. The molecule has 28 heavy (non-hydrogen) atoms. The number of hydrogen-bond donors (Lipinski definition) is 1. The van der Waals surface area contributed by atoms with Crippen molar-refractivity contribution in [3.63, 3.8) is 0 Å². The second-order valence-electron chi connectivity index (χ2n) is 6.55. The van der Waals surface area contributed by atoms with Crippen LogP contribution in [0.3, 0.4) is 0 Å². The summed E-state index contributed by atoms with van der Waals surface area (Å²) in [5.74, 6) is -1.32. The lowest BCUT2D eigenvalue weighted by atomic mass is 10.1. The van der Waals surface area contributed by atoms with Crippen LogP contribution in [0.1, 0.15) is 5.56 Å². The van der Waals surface area contributed by atoms with Gasteiger partial charge in [0.05, 0.1) is 5.69 Å². The zero-order valence-electron chi connectivity index (χ0n) is 14.9. The molecule has 4 rings (SSSR count). The number of para-hydroxylation sites is 1. The van der Waals surface area contributed by atoms with Crippen molar-refractivity contribution in [2.45, 2.75) is 19.0 Å². The Morgan fingerprint density at radius 3 is 2.68 bits per heavy atom. The van der Waals surface area contributed by atoms with E-state index in [1.165, 1.54) is 11.1 Å². The molecule has 0 aromatic heterocycles. The quantitative estimate of drug-likeness (QED) is 0.802. The highest BCUT2D eigenvalue weighted by atomic mass is 35.5. The molecule has 3 amide bonds. The van der Waals surface area contributed by atoms with Crippen LogP contribution in [0.2, 0.25) is 5.02 Å². The zero-order valence-corrected chi connectivity index (χ0v) is 15.6. The average Bonchev–Trinajstić information content (AvgIpc) is 3.17. The molecular weight excluding hydrogens is 382 g/mol. The van der Waals surface area contributed by atoms with Crippen LogP contribution in [-0.2, 0) is 14.4 Å². The molecule has 2 atom stereocenters. The molecular formula is C19H16ClN5O3. The molecule has 2 aliphatic heterocycles. The molecule has 2 aromatic rings. The molecule has 9 heteroatoms. The molecule has 0 aliphatic carbocycles. The third-order valence-corrected chi connectivity index (χ3v) is 4.88. The fourth-order valence-electron chi connectivity index (χ4n) is 3.27. The number of hydrogen-bond acceptors (Lipinski definition) is 6. The molecule has 8 nitrogen and oxygen atoms in total. The Morgan fingerprint density at radius 1 is 1.14 bits per heavy atom. The van der Waals surface area contributed by atoms with E-state index < -0.39 is 23.9 Å². The van der Waals surface area contributed by atoms with Gasteiger partial charge in [-0.05, 0) is 36.8 Å². The van der Waals surface area contributed by atoms with Gasteiger partial charge in [0.1, 0.15) is 6.54 Å². The Labute approximate surface area is 165 Å². The highest BCUT2D eigenvalue weighted by Gasteiger charge is 2.55. The minimum atomic E-state index is -0.960. The normalized spacial score (nSPS) is 20.6. The van der Waals surface area contributed by atoms with Crippen molar-refractivity contribution < 1.29 is 14.4 Å². The first kappa shape index (κ1) is 18.1. The van der Waals surface area contributed by atoms with Gasteiger partial charge in [0.15, 0.2) is 12.1 Å². The maximum absolute atomic E-state index is 12.9. The predicted molar refractivity (Wildman–Crippen MR) is 103 cm³/mol. The molecule has 0 spiro atoms. The van der Waals surface area contributed by atoms with E-state index >= 15 is 0 Å². The molecule has 1 saturated heterocycles. The lowest BCUT2D eigenvalue weighted by Gasteiger charge is -2.20. The maximum atomic E-state index is 12.9. The van der Waals surface area contributed by atoms with Gasteiger partial charge in [-0.25, -0.2) is 4.90 Å². The van der Waals surface area contributed by atoms with Gasteiger partial charge < -0.3 is 5.32 Å². The van der Waals surface area contributed by atoms with E-state index in [1.54, 1.807) is 24.3 Å². The molecule has 0 radical (unpaired) electrons. The zero-order chi connectivity index (χ0) is 19.8. The Hall–Kier alpha value is -3.26. The van der Waals surface area contributed by atoms with Crippen molar-refractivity contribution in [2.75, 3.05) is 16.8 Å². The molecule has 142 valence electrons. The summed E-state index contributed by atoms with van der Waals surface area (Å²) in [4.78, 5) is 39.0. The number of nitrogens with one attached hydrogen (secondary N) is 1. The number of aryl methyl sites for hydroxylation is 1. The van der Waals surface area contributed by atoms with Gasteiger partial charge in [-0.15, -0.1) is 0 Å². The Kier molecular flexibility index (Phi) is 4.56. The smallest absolute Gasteiger partial charge is 0.263 e.